The van der Waals surface area contributed by atoms with Crippen molar-refractivity contribution in [3.63, 3.8) is 0 Å². The first kappa shape index (κ1) is 18.2. The number of fused-ring (bicyclic) bond motifs is 3. The lowest BCUT2D eigenvalue weighted by atomic mass is 9.91. The molecule has 6 rings (SSSR count). The standard InChI is InChI=1S/C31H24/c1-3-15-28-22(9-1)11-7-13-24(28)19-26-21-27(31-18-6-5-17-30(26)31)20-25-14-8-12-23-10-2-4-16-29(23)25/h1-18,21,26H,19-20H2. The van der Waals surface area contributed by atoms with Gasteiger partial charge in [0.25, 0.3) is 0 Å². The molecular weight excluding hydrogens is 372 g/mol. The van der Waals surface area contributed by atoms with Crippen LogP contribution in [0.1, 0.15) is 28.2 Å². The van der Waals surface area contributed by atoms with Crippen LogP contribution in [-0.4, -0.2) is 0 Å². The molecule has 0 saturated heterocycles. The summed E-state index contributed by atoms with van der Waals surface area (Å²) in [6, 6.07) is 39.8. The van der Waals surface area contributed by atoms with Crippen LogP contribution in [0.2, 0.25) is 0 Å². The number of benzene rings is 5. The van der Waals surface area contributed by atoms with E-state index in [4.69, 9.17) is 0 Å². The average Bonchev–Trinajstić information content (AvgIpc) is 3.17. The summed E-state index contributed by atoms with van der Waals surface area (Å²) in [6.07, 6.45) is 4.54. The molecule has 1 aliphatic rings. The first-order valence-electron chi connectivity index (χ1n) is 11.1. The van der Waals surface area contributed by atoms with Gasteiger partial charge in [-0.2, -0.15) is 0 Å². The molecule has 1 atom stereocenters. The normalized spacial score (nSPS) is 15.2. The number of allylic oxidation sites excluding steroid dienone is 2. The molecule has 1 aliphatic carbocycles. The van der Waals surface area contributed by atoms with Gasteiger partial charge >= 0.3 is 0 Å². The second kappa shape index (κ2) is 7.56. The molecule has 0 N–H and O–H groups in total. The van der Waals surface area contributed by atoms with Crippen LogP contribution < -0.4 is 0 Å². The fraction of sp³-hybridized carbons (Fsp3) is 0.0968. The van der Waals surface area contributed by atoms with Gasteiger partial charge < -0.3 is 0 Å². The Morgan fingerprint density at radius 3 is 1.87 bits per heavy atom. The molecule has 5 aromatic carbocycles. The van der Waals surface area contributed by atoms with E-state index in [1.165, 1.54) is 49.4 Å². The van der Waals surface area contributed by atoms with Crippen molar-refractivity contribution in [2.75, 3.05) is 0 Å². The summed E-state index contributed by atoms with van der Waals surface area (Å²) >= 11 is 0. The molecule has 0 spiro atoms. The van der Waals surface area contributed by atoms with Crippen LogP contribution in [0.4, 0.5) is 0 Å². The van der Waals surface area contributed by atoms with Gasteiger partial charge in [0.15, 0.2) is 0 Å². The second-order valence-corrected chi connectivity index (χ2v) is 8.54. The Bertz CT molecular complexity index is 1430. The number of rotatable bonds is 4. The summed E-state index contributed by atoms with van der Waals surface area (Å²) in [5.41, 5.74) is 7.18. The first-order chi connectivity index (χ1) is 15.4. The van der Waals surface area contributed by atoms with Crippen molar-refractivity contribution < 1.29 is 0 Å². The maximum absolute atomic E-state index is 2.52. The van der Waals surface area contributed by atoms with Crippen molar-refractivity contribution >= 4 is 27.1 Å². The molecular formula is C31H24. The fourth-order valence-electron chi connectivity index (χ4n) is 5.22. The molecule has 0 radical (unpaired) electrons. The van der Waals surface area contributed by atoms with Crippen molar-refractivity contribution in [3.05, 3.63) is 138 Å². The third kappa shape index (κ3) is 3.25. The van der Waals surface area contributed by atoms with E-state index in [1.807, 2.05) is 0 Å². The Morgan fingerprint density at radius 2 is 1.10 bits per heavy atom. The molecule has 5 aromatic rings. The van der Waals surface area contributed by atoms with E-state index in [0.29, 0.717) is 5.92 Å². The first-order valence-corrected chi connectivity index (χ1v) is 11.1. The zero-order valence-corrected chi connectivity index (χ0v) is 17.5. The topological polar surface area (TPSA) is 0 Å². The monoisotopic (exact) mass is 396 g/mol. The molecule has 0 heterocycles. The van der Waals surface area contributed by atoms with E-state index in [-0.39, 0.29) is 0 Å². The average molecular weight is 397 g/mol. The van der Waals surface area contributed by atoms with Crippen LogP contribution >= 0.6 is 0 Å². The third-order valence-electron chi connectivity index (χ3n) is 6.69. The van der Waals surface area contributed by atoms with Gasteiger partial charge in [-0.3, -0.25) is 0 Å². The van der Waals surface area contributed by atoms with Crippen molar-refractivity contribution in [1.82, 2.24) is 0 Å². The molecule has 0 fully saturated rings. The van der Waals surface area contributed by atoms with Gasteiger partial charge in [-0.25, -0.2) is 0 Å². The van der Waals surface area contributed by atoms with Gasteiger partial charge in [0.05, 0.1) is 0 Å². The highest BCUT2D eigenvalue weighted by Gasteiger charge is 2.24. The molecule has 0 bridgehead atoms. The summed E-state index contributed by atoms with van der Waals surface area (Å²) in [5, 5.41) is 5.38. The van der Waals surface area contributed by atoms with E-state index in [0.717, 1.165) is 12.8 Å². The summed E-state index contributed by atoms with van der Waals surface area (Å²) < 4.78 is 0. The predicted molar refractivity (Wildman–Crippen MR) is 132 cm³/mol. The Kier molecular flexibility index (Phi) is 4.43. The predicted octanol–water partition coefficient (Wildman–Crippen LogP) is 7.96. The largest absolute Gasteiger partial charge is 0.0725 e. The summed E-state index contributed by atoms with van der Waals surface area (Å²) in [4.78, 5) is 0. The third-order valence-corrected chi connectivity index (χ3v) is 6.69. The number of hydrogen-bond donors (Lipinski definition) is 0. The quantitative estimate of drug-likeness (QED) is 0.289. The summed E-state index contributed by atoms with van der Waals surface area (Å²) in [5.74, 6) is 0.423. The van der Waals surface area contributed by atoms with Gasteiger partial charge in [-0.1, -0.05) is 115 Å². The lowest BCUT2D eigenvalue weighted by Gasteiger charge is -2.13. The number of hydrogen-bond acceptors (Lipinski definition) is 0. The summed E-state index contributed by atoms with van der Waals surface area (Å²) in [7, 11) is 0. The molecule has 0 saturated carbocycles. The van der Waals surface area contributed by atoms with E-state index in [9.17, 15) is 0 Å². The van der Waals surface area contributed by atoms with E-state index in [1.54, 1.807) is 0 Å². The van der Waals surface area contributed by atoms with E-state index in [2.05, 4.69) is 115 Å². The van der Waals surface area contributed by atoms with Gasteiger partial charge in [0.2, 0.25) is 0 Å². The maximum Gasteiger partial charge on any atom is 0.00707 e. The van der Waals surface area contributed by atoms with Crippen molar-refractivity contribution in [3.8, 4) is 0 Å². The van der Waals surface area contributed by atoms with Gasteiger partial charge in [0, 0.05) is 5.92 Å². The van der Waals surface area contributed by atoms with Crippen molar-refractivity contribution in [1.29, 1.82) is 0 Å². The Morgan fingerprint density at radius 1 is 0.516 bits per heavy atom. The summed E-state index contributed by atoms with van der Waals surface area (Å²) in [6.45, 7) is 0. The van der Waals surface area contributed by atoms with Crippen LogP contribution in [0.3, 0.4) is 0 Å². The minimum Gasteiger partial charge on any atom is -0.0725 e. The molecule has 0 aromatic heterocycles. The zero-order valence-electron chi connectivity index (χ0n) is 17.5. The smallest absolute Gasteiger partial charge is 0.00707 e. The molecule has 31 heavy (non-hydrogen) atoms. The van der Waals surface area contributed by atoms with Gasteiger partial charge in [-0.05, 0) is 62.2 Å². The van der Waals surface area contributed by atoms with E-state index >= 15 is 0 Å². The lowest BCUT2D eigenvalue weighted by molar-refractivity contribution is 0.855. The Hall–Kier alpha value is -3.64. The van der Waals surface area contributed by atoms with Crippen LogP contribution in [0, 0.1) is 0 Å². The van der Waals surface area contributed by atoms with Crippen molar-refractivity contribution in [2.24, 2.45) is 0 Å². The zero-order chi connectivity index (χ0) is 20.6. The minimum absolute atomic E-state index is 0.423. The highest BCUT2D eigenvalue weighted by atomic mass is 14.3. The molecule has 0 amide bonds. The van der Waals surface area contributed by atoms with Crippen LogP contribution in [-0.2, 0) is 12.8 Å². The highest BCUT2D eigenvalue weighted by Crippen LogP contribution is 2.40. The van der Waals surface area contributed by atoms with Crippen LogP contribution in [0.25, 0.3) is 27.1 Å². The van der Waals surface area contributed by atoms with Crippen LogP contribution in [0.15, 0.2) is 115 Å². The fourth-order valence-corrected chi connectivity index (χ4v) is 5.22. The van der Waals surface area contributed by atoms with E-state index < -0.39 is 0 Å². The van der Waals surface area contributed by atoms with Crippen molar-refractivity contribution in [2.45, 2.75) is 18.8 Å². The SMILES string of the molecule is C1=C(Cc2cccc3ccccc23)c2ccccc2C1Cc1cccc2ccccc12. The molecule has 1 unspecified atom stereocenters. The Labute approximate surface area is 183 Å². The second-order valence-electron chi connectivity index (χ2n) is 8.54. The Balaban J connectivity index is 1.40. The highest BCUT2D eigenvalue weighted by molar-refractivity contribution is 5.89. The minimum atomic E-state index is 0.423. The van der Waals surface area contributed by atoms with Gasteiger partial charge in [0.1, 0.15) is 0 Å². The molecule has 0 aliphatic heterocycles. The molecule has 0 heteroatoms. The molecule has 0 nitrogen and oxygen atoms in total. The van der Waals surface area contributed by atoms with Crippen LogP contribution in [0.5, 0.6) is 0 Å². The van der Waals surface area contributed by atoms with Gasteiger partial charge in [-0.15, -0.1) is 0 Å². The maximum atomic E-state index is 2.52. The molecule has 148 valence electrons. The lowest BCUT2D eigenvalue weighted by Crippen LogP contribution is -1.98.